The topological polar surface area (TPSA) is 129 Å². The van der Waals surface area contributed by atoms with Gasteiger partial charge in [0.2, 0.25) is 16.0 Å². The predicted octanol–water partition coefficient (Wildman–Crippen LogP) is 3.30. The largest absolute Gasteiger partial charge is 0.495 e. The lowest BCUT2D eigenvalue weighted by atomic mass is 10.0. The van der Waals surface area contributed by atoms with Gasteiger partial charge in [0.1, 0.15) is 17.1 Å². The molecule has 2 aliphatic rings. The molecule has 15 heteroatoms. The van der Waals surface area contributed by atoms with Crippen LogP contribution in [0.4, 0.5) is 30.6 Å². The van der Waals surface area contributed by atoms with E-state index in [4.69, 9.17) is 4.74 Å². The van der Waals surface area contributed by atoms with E-state index in [9.17, 15) is 26.4 Å². The van der Waals surface area contributed by atoms with Crippen molar-refractivity contribution >= 4 is 33.4 Å². The van der Waals surface area contributed by atoms with E-state index in [2.05, 4.69) is 30.8 Å². The number of ether oxygens (including phenoxy) is 1. The van der Waals surface area contributed by atoms with Crippen molar-refractivity contribution in [3.05, 3.63) is 35.5 Å². The Bertz CT molecular complexity index is 1350. The maximum atomic E-state index is 13.8. The molecule has 2 atom stereocenters. The molecular formula is C26H36F3N7O4S. The molecule has 1 saturated carbocycles. The molecular weight excluding hydrogens is 563 g/mol. The minimum atomic E-state index is -4.74. The third kappa shape index (κ3) is 7.57. The fraction of sp³-hybridized carbons (Fsp3) is 0.577. The molecule has 1 saturated heterocycles. The van der Waals surface area contributed by atoms with Gasteiger partial charge in [-0.05, 0) is 70.4 Å². The number of rotatable bonds is 9. The van der Waals surface area contributed by atoms with Gasteiger partial charge in [0.05, 0.1) is 19.1 Å². The fourth-order valence-corrected chi connectivity index (χ4v) is 5.95. The molecule has 4 rings (SSSR count). The van der Waals surface area contributed by atoms with Crippen molar-refractivity contribution in [3.63, 3.8) is 0 Å². The third-order valence-electron chi connectivity index (χ3n) is 7.65. The van der Waals surface area contributed by atoms with Crippen LogP contribution in [0.2, 0.25) is 0 Å². The number of halogens is 3. The molecule has 1 aromatic heterocycles. The first kappa shape index (κ1) is 30.8. The Morgan fingerprint density at radius 1 is 1.17 bits per heavy atom. The van der Waals surface area contributed by atoms with Crippen molar-refractivity contribution in [2.24, 2.45) is 0 Å². The Balaban J connectivity index is 1.54. The number of alkyl halides is 3. The maximum absolute atomic E-state index is 13.8. The summed E-state index contributed by atoms with van der Waals surface area (Å²) in [6, 6.07) is 3.68. The maximum Gasteiger partial charge on any atom is 0.421 e. The number of piperidine rings is 1. The lowest BCUT2D eigenvalue weighted by Crippen LogP contribution is -2.44. The van der Waals surface area contributed by atoms with Gasteiger partial charge in [-0.15, -0.1) is 0 Å². The van der Waals surface area contributed by atoms with E-state index in [1.54, 1.807) is 18.2 Å². The summed E-state index contributed by atoms with van der Waals surface area (Å²) in [5.41, 5.74) is -0.336. The molecule has 1 aliphatic heterocycles. The van der Waals surface area contributed by atoms with Crippen LogP contribution in [0.5, 0.6) is 5.75 Å². The number of sulfonamides is 1. The van der Waals surface area contributed by atoms with E-state index in [0.29, 0.717) is 36.7 Å². The summed E-state index contributed by atoms with van der Waals surface area (Å²) in [5, 5.41) is 8.75. The van der Waals surface area contributed by atoms with Crippen LogP contribution >= 0.6 is 0 Å². The molecule has 2 fully saturated rings. The van der Waals surface area contributed by atoms with E-state index in [1.165, 1.54) is 18.5 Å². The summed E-state index contributed by atoms with van der Waals surface area (Å²) in [6.45, 7) is 1.80. The molecule has 11 nitrogen and oxygen atoms in total. The molecule has 0 spiro atoms. The average molecular weight is 600 g/mol. The number of benzene rings is 1. The lowest BCUT2D eigenvalue weighted by molar-refractivity contribution is -0.137. The second kappa shape index (κ2) is 12.4. The Kier molecular flexibility index (Phi) is 9.29. The number of carbonyl (C=O) groups excluding carboxylic acids is 1. The molecule has 2 aromatic rings. The molecule has 2 unspecified atom stereocenters. The quantitative estimate of drug-likeness (QED) is 0.398. The number of carbonyl (C=O) groups is 1. The van der Waals surface area contributed by atoms with Crippen LogP contribution in [0.3, 0.4) is 0 Å². The van der Waals surface area contributed by atoms with E-state index >= 15 is 0 Å². The smallest absolute Gasteiger partial charge is 0.421 e. The van der Waals surface area contributed by atoms with E-state index in [-0.39, 0.29) is 23.6 Å². The van der Waals surface area contributed by atoms with Crippen molar-refractivity contribution in [2.45, 2.75) is 56.4 Å². The first-order valence-electron chi connectivity index (χ1n) is 13.3. The number of likely N-dealkylation sites (N-methyl/N-ethyl adjacent to an activating group) is 1. The molecule has 1 amide bonds. The minimum absolute atomic E-state index is 0.0747. The van der Waals surface area contributed by atoms with Gasteiger partial charge in [0.15, 0.2) is 0 Å². The molecule has 226 valence electrons. The first-order chi connectivity index (χ1) is 19.3. The SMILES string of the molecule is COc1cc(C(=O)NC2CCN(C)CC2)ccc1Nc1ncc(C(F)(F)F)c(NC2CCCC2N(C)S(C)(=O)=O)n1. The number of hydrogen-bond donors (Lipinski definition) is 3. The van der Waals surface area contributed by atoms with Crippen LogP contribution in [-0.2, 0) is 16.2 Å². The summed E-state index contributed by atoms with van der Waals surface area (Å²) in [6.07, 6.45) is 0.342. The van der Waals surface area contributed by atoms with Crippen LogP contribution in [0.1, 0.15) is 48.0 Å². The van der Waals surface area contributed by atoms with Gasteiger partial charge < -0.3 is 25.6 Å². The molecule has 1 aliphatic carbocycles. The van der Waals surface area contributed by atoms with Gasteiger partial charge in [-0.2, -0.15) is 18.2 Å². The molecule has 41 heavy (non-hydrogen) atoms. The van der Waals surface area contributed by atoms with Gasteiger partial charge in [-0.3, -0.25) is 4.79 Å². The van der Waals surface area contributed by atoms with E-state index in [1.807, 2.05) is 7.05 Å². The Labute approximate surface area is 237 Å². The number of likely N-dealkylation sites (tertiary alicyclic amines) is 1. The van der Waals surface area contributed by atoms with Crippen molar-refractivity contribution in [3.8, 4) is 5.75 Å². The van der Waals surface area contributed by atoms with Crippen molar-refractivity contribution in [1.82, 2.24) is 24.5 Å². The number of amides is 1. The average Bonchev–Trinajstić information content (AvgIpc) is 3.36. The fourth-order valence-electron chi connectivity index (χ4n) is 5.20. The monoisotopic (exact) mass is 599 g/mol. The van der Waals surface area contributed by atoms with Crippen molar-refractivity contribution in [2.75, 3.05) is 51.2 Å². The zero-order valence-corrected chi connectivity index (χ0v) is 24.3. The summed E-state index contributed by atoms with van der Waals surface area (Å²) in [4.78, 5) is 23.0. The van der Waals surface area contributed by atoms with Crippen LogP contribution in [-0.4, -0.2) is 92.2 Å². The van der Waals surface area contributed by atoms with Crippen LogP contribution in [0.15, 0.2) is 24.4 Å². The molecule has 2 heterocycles. The van der Waals surface area contributed by atoms with Gasteiger partial charge in [-0.1, -0.05) is 0 Å². The molecule has 1 aromatic carbocycles. The van der Waals surface area contributed by atoms with Crippen molar-refractivity contribution in [1.29, 1.82) is 0 Å². The number of anilines is 3. The zero-order chi connectivity index (χ0) is 29.9. The third-order valence-corrected chi connectivity index (χ3v) is 8.97. The lowest BCUT2D eigenvalue weighted by Gasteiger charge is -2.29. The summed E-state index contributed by atoms with van der Waals surface area (Å²) < 4.78 is 72.3. The number of nitrogens with one attached hydrogen (secondary N) is 3. The van der Waals surface area contributed by atoms with Crippen LogP contribution in [0, 0.1) is 0 Å². The summed E-state index contributed by atoms with van der Waals surface area (Å²) >= 11 is 0. The normalized spacial score (nSPS) is 20.7. The Morgan fingerprint density at radius 3 is 2.51 bits per heavy atom. The highest BCUT2D eigenvalue weighted by molar-refractivity contribution is 7.88. The number of hydrogen-bond acceptors (Lipinski definition) is 9. The van der Waals surface area contributed by atoms with Gasteiger partial charge >= 0.3 is 6.18 Å². The highest BCUT2D eigenvalue weighted by Crippen LogP contribution is 2.37. The van der Waals surface area contributed by atoms with Crippen LogP contribution in [0.25, 0.3) is 0 Å². The van der Waals surface area contributed by atoms with Crippen LogP contribution < -0.4 is 20.7 Å². The standard InChI is InChI=1S/C26H36F3N7O4S/c1-35-12-10-17(11-13-35)31-24(37)16-8-9-20(22(14-16)40-3)33-25-30-15-18(26(27,28)29)23(34-25)32-19-6-5-7-21(19)36(2)41(4,38)39/h8-9,14-15,17,19,21H,5-7,10-13H2,1-4H3,(H,31,37)(H2,30,32,33,34). The first-order valence-corrected chi connectivity index (χ1v) is 15.2. The molecule has 3 N–H and O–H groups in total. The molecule has 0 radical (unpaired) electrons. The summed E-state index contributed by atoms with van der Waals surface area (Å²) in [7, 11) is 1.33. The van der Waals surface area contributed by atoms with Crippen molar-refractivity contribution < 1.29 is 31.1 Å². The zero-order valence-electron chi connectivity index (χ0n) is 23.5. The van der Waals surface area contributed by atoms with Gasteiger partial charge in [-0.25, -0.2) is 17.7 Å². The number of aromatic nitrogens is 2. The predicted molar refractivity (Wildman–Crippen MR) is 149 cm³/mol. The Morgan fingerprint density at radius 2 is 1.88 bits per heavy atom. The number of nitrogens with zero attached hydrogens (tertiary/aromatic N) is 4. The minimum Gasteiger partial charge on any atom is -0.495 e. The highest BCUT2D eigenvalue weighted by Gasteiger charge is 2.39. The van der Waals surface area contributed by atoms with Gasteiger partial charge in [0, 0.05) is 36.9 Å². The highest BCUT2D eigenvalue weighted by atomic mass is 32.2. The Hall–Kier alpha value is -3.17. The second-order valence-corrected chi connectivity index (χ2v) is 12.6. The van der Waals surface area contributed by atoms with E-state index < -0.39 is 39.7 Å². The second-order valence-electron chi connectivity index (χ2n) is 10.6. The van der Waals surface area contributed by atoms with E-state index in [0.717, 1.165) is 32.2 Å². The molecule has 0 bridgehead atoms. The number of methoxy groups -OCH3 is 1. The van der Waals surface area contributed by atoms with Gasteiger partial charge in [0.25, 0.3) is 5.91 Å². The summed E-state index contributed by atoms with van der Waals surface area (Å²) in [5.74, 6) is -0.549.